The predicted octanol–water partition coefficient (Wildman–Crippen LogP) is 0.302. The maximum Gasteiger partial charge on any atom is 0.330 e. The molecule has 1 rings (SSSR count). The molecule has 0 amide bonds. The Kier molecular flexibility index (Phi) is 7.38. The molecule has 0 aliphatic heterocycles. The Morgan fingerprint density at radius 1 is 1.38 bits per heavy atom. The number of hydrogen-bond acceptors (Lipinski definition) is 6. The van der Waals surface area contributed by atoms with Crippen molar-refractivity contribution in [2.75, 3.05) is 35.7 Å². The first-order valence-electron chi connectivity index (χ1n) is 7.02. The van der Waals surface area contributed by atoms with Crippen LogP contribution < -0.4 is 22.3 Å². The average molecular weight is 316 g/mol. The topological polar surface area (TPSA) is 113 Å². The molecule has 0 saturated carbocycles. The van der Waals surface area contributed by atoms with Crippen LogP contribution in [-0.2, 0) is 6.54 Å². The van der Waals surface area contributed by atoms with Gasteiger partial charge >= 0.3 is 5.69 Å². The fourth-order valence-corrected chi connectivity index (χ4v) is 2.61. The van der Waals surface area contributed by atoms with Crippen LogP contribution in [0, 0.1) is 5.92 Å². The number of nitrogens with zero attached hydrogens (tertiary/aromatic N) is 1. The number of hydrogen-bond donors (Lipinski definition) is 4. The number of nitrogens with two attached hydrogens (primary N) is 1. The third-order valence-corrected chi connectivity index (χ3v) is 3.85. The van der Waals surface area contributed by atoms with Crippen LogP contribution in [-0.4, -0.2) is 39.3 Å². The summed E-state index contributed by atoms with van der Waals surface area (Å²) in [6.07, 6.45) is 0.757. The van der Waals surface area contributed by atoms with Crippen molar-refractivity contribution in [2.45, 2.75) is 26.8 Å². The summed E-state index contributed by atoms with van der Waals surface area (Å²) in [7, 11) is 0. The van der Waals surface area contributed by atoms with Gasteiger partial charge in [-0.05, 0) is 18.1 Å². The van der Waals surface area contributed by atoms with Crippen LogP contribution in [0.25, 0.3) is 0 Å². The number of nitrogen functional groups attached to an aromatic ring is 1. The molecular formula is C13H24N4O3S. The number of H-pyrrole nitrogens is 1. The number of aromatic amines is 1. The van der Waals surface area contributed by atoms with E-state index in [2.05, 4.69) is 10.3 Å². The number of anilines is 2. The second kappa shape index (κ2) is 8.78. The largest absolute Gasteiger partial charge is 0.396 e. The lowest BCUT2D eigenvalue weighted by Gasteiger charge is -2.15. The summed E-state index contributed by atoms with van der Waals surface area (Å²) < 4.78 is 1.38. The Morgan fingerprint density at radius 2 is 2.10 bits per heavy atom. The second-order valence-electron chi connectivity index (χ2n) is 5.14. The highest BCUT2D eigenvalue weighted by Crippen LogP contribution is 2.12. The molecule has 0 atom stereocenters. The van der Waals surface area contributed by atoms with Crippen LogP contribution in [0.5, 0.6) is 0 Å². The number of thioether (sulfide) groups is 1. The number of aliphatic hydroxyl groups excluding tert-OH is 1. The van der Waals surface area contributed by atoms with Gasteiger partial charge in [0.15, 0.2) is 0 Å². The van der Waals surface area contributed by atoms with E-state index in [0.717, 1.165) is 17.9 Å². The van der Waals surface area contributed by atoms with E-state index in [1.807, 2.05) is 13.8 Å². The normalized spacial score (nSPS) is 11.0. The van der Waals surface area contributed by atoms with Crippen molar-refractivity contribution in [3.63, 3.8) is 0 Å². The second-order valence-corrected chi connectivity index (χ2v) is 6.37. The van der Waals surface area contributed by atoms with Gasteiger partial charge in [-0.15, -0.1) is 0 Å². The van der Waals surface area contributed by atoms with E-state index in [-0.39, 0.29) is 24.0 Å². The molecule has 8 heteroatoms. The first kappa shape index (κ1) is 17.6. The smallest absolute Gasteiger partial charge is 0.330 e. The van der Waals surface area contributed by atoms with Gasteiger partial charge in [-0.2, -0.15) is 11.8 Å². The van der Waals surface area contributed by atoms with Gasteiger partial charge in [0.1, 0.15) is 11.5 Å². The summed E-state index contributed by atoms with van der Waals surface area (Å²) >= 11 is 1.68. The molecule has 0 unspecified atom stereocenters. The molecule has 1 heterocycles. The summed E-state index contributed by atoms with van der Waals surface area (Å²) in [5, 5.41) is 11.7. The summed E-state index contributed by atoms with van der Waals surface area (Å²) in [4.78, 5) is 25.9. The Hall–Kier alpha value is -1.41. The molecule has 1 aromatic heterocycles. The molecule has 120 valence electrons. The van der Waals surface area contributed by atoms with Crippen LogP contribution in [0.4, 0.5) is 11.5 Å². The van der Waals surface area contributed by atoms with Crippen LogP contribution in [0.15, 0.2) is 9.59 Å². The van der Waals surface area contributed by atoms with Crippen molar-refractivity contribution in [3.05, 3.63) is 20.8 Å². The minimum Gasteiger partial charge on any atom is -0.396 e. The Balaban J connectivity index is 2.73. The van der Waals surface area contributed by atoms with E-state index in [1.54, 1.807) is 11.8 Å². The first-order valence-corrected chi connectivity index (χ1v) is 8.18. The molecule has 0 aromatic carbocycles. The van der Waals surface area contributed by atoms with Gasteiger partial charge in [0, 0.05) is 25.4 Å². The summed E-state index contributed by atoms with van der Waals surface area (Å²) in [6.45, 7) is 5.17. The van der Waals surface area contributed by atoms with Crippen molar-refractivity contribution in [3.8, 4) is 0 Å². The number of aromatic nitrogens is 2. The summed E-state index contributed by atoms with van der Waals surface area (Å²) in [5.74, 6) is 2.09. The van der Waals surface area contributed by atoms with Gasteiger partial charge in [0.05, 0.1) is 0 Å². The molecule has 1 aromatic rings. The highest BCUT2D eigenvalue weighted by molar-refractivity contribution is 7.99. The summed E-state index contributed by atoms with van der Waals surface area (Å²) in [6, 6.07) is 0. The Morgan fingerprint density at radius 3 is 2.71 bits per heavy atom. The zero-order valence-electron chi connectivity index (χ0n) is 12.5. The molecule has 5 N–H and O–H groups in total. The maximum absolute atomic E-state index is 11.8. The lowest BCUT2D eigenvalue weighted by Crippen LogP contribution is -2.35. The maximum atomic E-state index is 11.8. The number of aliphatic hydroxyl groups is 1. The molecule has 0 aliphatic carbocycles. The fraction of sp³-hybridized carbons (Fsp3) is 0.692. The van der Waals surface area contributed by atoms with E-state index in [1.165, 1.54) is 4.57 Å². The molecule has 7 nitrogen and oxygen atoms in total. The van der Waals surface area contributed by atoms with E-state index in [9.17, 15) is 9.59 Å². The molecule has 0 fully saturated rings. The molecule has 0 spiro atoms. The average Bonchev–Trinajstić information content (AvgIpc) is 2.41. The highest BCUT2D eigenvalue weighted by atomic mass is 32.2. The number of nitrogens with one attached hydrogen (secondary N) is 2. The molecule has 21 heavy (non-hydrogen) atoms. The minimum absolute atomic E-state index is 0.179. The van der Waals surface area contributed by atoms with Gasteiger partial charge in [-0.1, -0.05) is 13.8 Å². The molecule has 0 bridgehead atoms. The standard InChI is InChI=1S/C13H24N4O3S/c1-9(2)8-17-11(14)10(12(19)16-13(17)20)15-4-7-21-6-3-5-18/h9,15,18H,3-8,14H2,1-2H3,(H,16,19,20). The predicted molar refractivity (Wildman–Crippen MR) is 88.1 cm³/mol. The third-order valence-electron chi connectivity index (χ3n) is 2.78. The fourth-order valence-electron chi connectivity index (χ4n) is 1.82. The van der Waals surface area contributed by atoms with Gasteiger partial charge in [-0.3, -0.25) is 14.3 Å². The minimum atomic E-state index is -0.488. The van der Waals surface area contributed by atoms with E-state index >= 15 is 0 Å². The SMILES string of the molecule is CC(C)Cn1c(N)c(NCCSCCCO)c(=O)[nH]c1=O. The quantitative estimate of drug-likeness (QED) is 0.487. The monoisotopic (exact) mass is 316 g/mol. The zero-order valence-corrected chi connectivity index (χ0v) is 13.3. The number of rotatable bonds is 9. The van der Waals surface area contributed by atoms with Crippen LogP contribution in [0.3, 0.4) is 0 Å². The zero-order chi connectivity index (χ0) is 15.8. The van der Waals surface area contributed by atoms with Crippen molar-refractivity contribution < 1.29 is 5.11 Å². The molecular weight excluding hydrogens is 292 g/mol. The van der Waals surface area contributed by atoms with Crippen molar-refractivity contribution in [1.29, 1.82) is 0 Å². The van der Waals surface area contributed by atoms with Crippen LogP contribution >= 0.6 is 11.8 Å². The molecule has 0 saturated heterocycles. The van der Waals surface area contributed by atoms with Crippen LogP contribution in [0.2, 0.25) is 0 Å². The highest BCUT2D eigenvalue weighted by Gasteiger charge is 2.12. The van der Waals surface area contributed by atoms with Gasteiger partial charge in [-0.25, -0.2) is 4.79 Å². The Labute approximate surface area is 127 Å². The van der Waals surface area contributed by atoms with Crippen molar-refractivity contribution in [2.24, 2.45) is 5.92 Å². The lowest BCUT2D eigenvalue weighted by molar-refractivity contribution is 0.296. The first-order chi connectivity index (χ1) is 9.97. The third kappa shape index (κ3) is 5.47. The Bertz CT molecular complexity index is 553. The van der Waals surface area contributed by atoms with Crippen molar-refractivity contribution >= 4 is 23.3 Å². The molecule has 0 aliphatic rings. The van der Waals surface area contributed by atoms with E-state index in [4.69, 9.17) is 10.8 Å². The van der Waals surface area contributed by atoms with E-state index < -0.39 is 11.2 Å². The molecule has 0 radical (unpaired) electrons. The van der Waals surface area contributed by atoms with E-state index in [0.29, 0.717) is 13.1 Å². The van der Waals surface area contributed by atoms with Gasteiger partial charge in [0.2, 0.25) is 0 Å². The van der Waals surface area contributed by atoms with Crippen molar-refractivity contribution in [1.82, 2.24) is 9.55 Å². The van der Waals surface area contributed by atoms with Crippen LogP contribution in [0.1, 0.15) is 20.3 Å². The lowest BCUT2D eigenvalue weighted by atomic mass is 10.2. The summed E-state index contributed by atoms with van der Waals surface area (Å²) in [5.41, 5.74) is 5.22. The van der Waals surface area contributed by atoms with Gasteiger partial charge < -0.3 is 16.2 Å². The van der Waals surface area contributed by atoms with Gasteiger partial charge in [0.25, 0.3) is 5.56 Å².